The van der Waals surface area contributed by atoms with Gasteiger partial charge in [-0.1, -0.05) is 6.07 Å². The predicted molar refractivity (Wildman–Crippen MR) is 63.9 cm³/mol. The van der Waals surface area contributed by atoms with E-state index in [2.05, 4.69) is 9.97 Å². The number of halogens is 2. The zero-order chi connectivity index (χ0) is 14.0. The van der Waals surface area contributed by atoms with Gasteiger partial charge in [0.25, 0.3) is 10.0 Å². The maximum absolute atomic E-state index is 13.5. The Labute approximate surface area is 108 Å². The second-order valence-electron chi connectivity index (χ2n) is 3.69. The Balaban J connectivity index is 2.40. The zero-order valence-corrected chi connectivity index (χ0v) is 10.6. The minimum Gasteiger partial charge on any atom is -0.262 e. The molecule has 0 radical (unpaired) electrons. The van der Waals surface area contributed by atoms with Crippen LogP contribution in [0, 0.1) is 18.7 Å². The van der Waals surface area contributed by atoms with Crippen molar-refractivity contribution in [3.8, 4) is 0 Å². The highest BCUT2D eigenvalue weighted by Crippen LogP contribution is 2.16. The Morgan fingerprint density at radius 3 is 2.53 bits per heavy atom. The molecule has 0 saturated heterocycles. The van der Waals surface area contributed by atoms with Crippen LogP contribution in [-0.2, 0) is 10.0 Å². The Kier molecular flexibility index (Phi) is 3.43. The molecule has 8 heteroatoms. The summed E-state index contributed by atoms with van der Waals surface area (Å²) in [7, 11) is -4.25. The second kappa shape index (κ2) is 4.88. The van der Waals surface area contributed by atoms with Crippen molar-refractivity contribution in [2.75, 3.05) is 4.72 Å². The molecule has 100 valence electrons. The van der Waals surface area contributed by atoms with E-state index < -0.39 is 26.8 Å². The molecule has 0 saturated carbocycles. The monoisotopic (exact) mass is 285 g/mol. The van der Waals surface area contributed by atoms with Crippen LogP contribution in [-0.4, -0.2) is 18.4 Å². The van der Waals surface area contributed by atoms with Crippen LogP contribution in [0.15, 0.2) is 35.4 Å². The average Bonchev–Trinajstić information content (AvgIpc) is 2.31. The minimum absolute atomic E-state index is 0.247. The fourth-order valence-corrected chi connectivity index (χ4v) is 2.43. The van der Waals surface area contributed by atoms with Crippen LogP contribution in [0.5, 0.6) is 0 Å². The lowest BCUT2D eigenvalue weighted by atomic mass is 10.4. The van der Waals surface area contributed by atoms with E-state index in [4.69, 9.17) is 0 Å². The van der Waals surface area contributed by atoms with Gasteiger partial charge in [0.05, 0.1) is 0 Å². The number of aromatic nitrogens is 2. The van der Waals surface area contributed by atoms with Crippen molar-refractivity contribution in [2.24, 2.45) is 0 Å². The van der Waals surface area contributed by atoms with Crippen LogP contribution < -0.4 is 4.72 Å². The normalized spacial score (nSPS) is 11.3. The van der Waals surface area contributed by atoms with E-state index in [1.807, 2.05) is 4.72 Å². The van der Waals surface area contributed by atoms with Gasteiger partial charge in [0, 0.05) is 5.69 Å². The standard InChI is InChI=1S/C11H9F2N3O2S/c1-7-5-6-8(12)11(14-7)19(17,18)16-10-4-2-3-9(13)15-10/h2-6H,1H3,(H,15,16). The molecule has 0 aliphatic carbocycles. The summed E-state index contributed by atoms with van der Waals surface area (Å²) in [6.45, 7) is 1.53. The van der Waals surface area contributed by atoms with E-state index in [1.165, 1.54) is 25.1 Å². The smallest absolute Gasteiger partial charge is 0.262 e. The number of nitrogens with one attached hydrogen (secondary N) is 1. The Morgan fingerprint density at radius 2 is 1.84 bits per heavy atom. The molecule has 0 spiro atoms. The van der Waals surface area contributed by atoms with Crippen molar-refractivity contribution < 1.29 is 17.2 Å². The fraction of sp³-hybridized carbons (Fsp3) is 0.0909. The molecule has 0 aliphatic rings. The van der Waals surface area contributed by atoms with Crippen molar-refractivity contribution in [3.63, 3.8) is 0 Å². The Hall–Kier alpha value is -2.09. The van der Waals surface area contributed by atoms with Crippen LogP contribution in [0.25, 0.3) is 0 Å². The molecule has 2 heterocycles. The first-order valence-corrected chi connectivity index (χ1v) is 6.65. The van der Waals surface area contributed by atoms with E-state index in [0.29, 0.717) is 5.69 Å². The van der Waals surface area contributed by atoms with E-state index >= 15 is 0 Å². The van der Waals surface area contributed by atoms with Gasteiger partial charge in [-0.15, -0.1) is 0 Å². The lowest BCUT2D eigenvalue weighted by Crippen LogP contribution is -2.17. The molecule has 0 unspecified atom stereocenters. The molecule has 5 nitrogen and oxygen atoms in total. The molecule has 2 aromatic rings. The van der Waals surface area contributed by atoms with E-state index in [1.54, 1.807) is 0 Å². The number of hydrogen-bond acceptors (Lipinski definition) is 4. The molecule has 19 heavy (non-hydrogen) atoms. The highest BCUT2D eigenvalue weighted by molar-refractivity contribution is 7.92. The van der Waals surface area contributed by atoms with Crippen molar-refractivity contribution in [3.05, 3.63) is 47.8 Å². The predicted octanol–water partition coefficient (Wildman–Crippen LogP) is 1.86. The number of pyridine rings is 2. The van der Waals surface area contributed by atoms with Gasteiger partial charge in [-0.25, -0.2) is 14.4 Å². The van der Waals surface area contributed by atoms with Crippen molar-refractivity contribution >= 4 is 15.8 Å². The van der Waals surface area contributed by atoms with Crippen molar-refractivity contribution in [2.45, 2.75) is 11.9 Å². The second-order valence-corrected chi connectivity index (χ2v) is 5.29. The summed E-state index contributed by atoms with van der Waals surface area (Å²) in [4.78, 5) is 6.94. The third-order valence-corrected chi connectivity index (χ3v) is 3.43. The summed E-state index contributed by atoms with van der Waals surface area (Å²) in [6, 6.07) is 5.92. The van der Waals surface area contributed by atoms with Crippen molar-refractivity contribution in [1.29, 1.82) is 0 Å². The van der Waals surface area contributed by atoms with Gasteiger partial charge in [-0.3, -0.25) is 4.72 Å². The first-order chi connectivity index (χ1) is 8.88. The molecule has 0 bridgehead atoms. The van der Waals surface area contributed by atoms with Gasteiger partial charge in [0.1, 0.15) is 5.82 Å². The topological polar surface area (TPSA) is 72.0 Å². The Bertz CT molecular complexity index is 720. The lowest BCUT2D eigenvalue weighted by molar-refractivity contribution is 0.554. The van der Waals surface area contributed by atoms with Crippen LogP contribution in [0.2, 0.25) is 0 Å². The van der Waals surface area contributed by atoms with Gasteiger partial charge in [-0.2, -0.15) is 12.8 Å². The number of rotatable bonds is 3. The molecule has 1 N–H and O–H groups in total. The summed E-state index contributed by atoms with van der Waals surface area (Å²) >= 11 is 0. The van der Waals surface area contributed by atoms with Gasteiger partial charge >= 0.3 is 0 Å². The number of anilines is 1. The minimum atomic E-state index is -4.25. The highest BCUT2D eigenvalue weighted by Gasteiger charge is 2.21. The molecule has 0 aromatic carbocycles. The molecule has 0 aliphatic heterocycles. The molecule has 0 atom stereocenters. The van der Waals surface area contributed by atoms with Gasteiger partial charge in [0.15, 0.2) is 5.82 Å². The summed E-state index contributed by atoms with van der Waals surface area (Å²) < 4.78 is 52.1. The lowest BCUT2D eigenvalue weighted by Gasteiger charge is -2.07. The molecule has 0 fully saturated rings. The van der Waals surface area contributed by atoms with Crippen LogP contribution >= 0.6 is 0 Å². The van der Waals surface area contributed by atoms with Gasteiger partial charge in [0.2, 0.25) is 11.0 Å². The largest absolute Gasteiger partial charge is 0.283 e. The molecular weight excluding hydrogens is 276 g/mol. The zero-order valence-electron chi connectivity index (χ0n) is 9.76. The third-order valence-electron chi connectivity index (χ3n) is 2.16. The summed E-state index contributed by atoms with van der Waals surface area (Å²) in [5.41, 5.74) is 0.342. The van der Waals surface area contributed by atoms with Gasteiger partial charge in [-0.05, 0) is 31.2 Å². The third kappa shape index (κ3) is 3.02. The number of nitrogens with zero attached hydrogens (tertiary/aromatic N) is 2. The first-order valence-electron chi connectivity index (χ1n) is 5.17. The summed E-state index contributed by atoms with van der Waals surface area (Å²) in [5, 5.41) is -0.751. The highest BCUT2D eigenvalue weighted by atomic mass is 32.2. The van der Waals surface area contributed by atoms with E-state index in [0.717, 1.165) is 12.1 Å². The number of aryl methyl sites for hydroxylation is 1. The molecule has 2 rings (SSSR count). The maximum Gasteiger partial charge on any atom is 0.283 e. The average molecular weight is 285 g/mol. The quantitative estimate of drug-likeness (QED) is 0.874. The summed E-state index contributed by atoms with van der Waals surface area (Å²) in [6.07, 6.45) is 0. The maximum atomic E-state index is 13.5. The van der Waals surface area contributed by atoms with E-state index in [-0.39, 0.29) is 5.82 Å². The van der Waals surface area contributed by atoms with Crippen LogP contribution in [0.4, 0.5) is 14.6 Å². The SMILES string of the molecule is Cc1ccc(F)c(S(=O)(=O)Nc2cccc(F)n2)n1. The van der Waals surface area contributed by atoms with Crippen molar-refractivity contribution in [1.82, 2.24) is 9.97 Å². The number of sulfonamides is 1. The molecule has 0 amide bonds. The molecular formula is C11H9F2N3O2S. The first kappa shape index (κ1) is 13.3. The van der Waals surface area contributed by atoms with Gasteiger partial charge < -0.3 is 0 Å². The van der Waals surface area contributed by atoms with E-state index in [9.17, 15) is 17.2 Å². The Morgan fingerprint density at radius 1 is 1.11 bits per heavy atom. The van der Waals surface area contributed by atoms with Crippen LogP contribution in [0.1, 0.15) is 5.69 Å². The summed E-state index contributed by atoms with van der Waals surface area (Å²) in [5.74, 6) is -2.09. The number of hydrogen-bond donors (Lipinski definition) is 1. The molecule has 2 aromatic heterocycles. The van der Waals surface area contributed by atoms with Crippen LogP contribution in [0.3, 0.4) is 0 Å². The fourth-order valence-electron chi connectivity index (χ4n) is 1.36.